The highest BCUT2D eigenvalue weighted by molar-refractivity contribution is 5.97. The van der Waals surface area contributed by atoms with Crippen molar-refractivity contribution in [1.29, 1.82) is 0 Å². The lowest BCUT2D eigenvalue weighted by Gasteiger charge is -2.37. The first kappa shape index (κ1) is 48.5. The number of ether oxygens (including phenoxy) is 1. The third kappa shape index (κ3) is 9.08. The molecule has 6 atom stereocenters. The number of amides is 4. The van der Waals surface area contributed by atoms with Crippen molar-refractivity contribution in [2.45, 2.75) is 149 Å². The Labute approximate surface area is 423 Å². The summed E-state index contributed by atoms with van der Waals surface area (Å²) >= 11 is 0. The van der Waals surface area contributed by atoms with E-state index in [0.29, 0.717) is 82.2 Å². The standard InChI is InChI=1S/C58H73N7O7/c1-6-63-48-18-17-38-29-43(48)45(51(63)41-13-9-21-59-49(41)34(2)3)31-57(4,5)33-72-55(70)46-14-10-22-65(61-46)54(69)47(27-35-25-39(38)28-40(66)26-35)60-52(67)50(37-11-7-8-12-37)64-24-20-58(56(64)71)19-23-62(32-58)53(68)44-30-42(44)36-15-16-36/h9,13,17-18,21,25-26,28-29,34,36-37,42,44,46-47,50,61,66H,6-8,10-12,14-16,19-20,22-24,27,30-33H2,1-5H3,(H,60,67)/t42-,44-,46+,47+,50+,58+/m1/s1. The summed E-state index contributed by atoms with van der Waals surface area (Å²) in [6.45, 7) is 13.3. The molecule has 6 heterocycles. The Morgan fingerprint density at radius 3 is 2.50 bits per heavy atom. The van der Waals surface area contributed by atoms with Crippen molar-refractivity contribution in [3.63, 3.8) is 0 Å². The maximum atomic E-state index is 15.2. The van der Waals surface area contributed by atoms with E-state index in [9.17, 15) is 19.5 Å². The smallest absolute Gasteiger partial charge is 0.324 e. The van der Waals surface area contributed by atoms with Crippen LogP contribution in [0.3, 0.4) is 0 Å². The van der Waals surface area contributed by atoms with Gasteiger partial charge in [0.15, 0.2) is 0 Å². The molecule has 3 N–H and O–H groups in total. The Morgan fingerprint density at radius 2 is 1.74 bits per heavy atom. The number of carbonyl (C=O) groups is 5. The number of nitrogens with one attached hydrogen (secondary N) is 2. The predicted octanol–water partition coefficient (Wildman–Crippen LogP) is 7.92. The van der Waals surface area contributed by atoms with Crippen LogP contribution in [0.25, 0.3) is 33.3 Å². The summed E-state index contributed by atoms with van der Waals surface area (Å²) < 4.78 is 8.54. The molecule has 2 aromatic carbocycles. The number of fused-ring (bicyclic) bond motifs is 6. The van der Waals surface area contributed by atoms with Crippen LogP contribution in [-0.4, -0.2) is 110 Å². The first-order valence-corrected chi connectivity index (χ1v) is 27.2. The predicted molar refractivity (Wildman–Crippen MR) is 274 cm³/mol. The molecule has 3 saturated carbocycles. The molecular formula is C58H73N7O7. The molecular weight excluding hydrogens is 907 g/mol. The average Bonchev–Trinajstić information content (AvgIpc) is 4.20. The number of phenolic OH excluding ortho intramolecular Hbond substituents is 1. The molecule has 4 amide bonds. The number of cyclic esters (lactones) is 1. The molecule has 2 aromatic heterocycles. The van der Waals surface area contributed by atoms with Crippen LogP contribution in [0.4, 0.5) is 0 Å². The molecule has 3 aliphatic carbocycles. The van der Waals surface area contributed by atoms with Crippen molar-refractivity contribution < 1.29 is 33.8 Å². The van der Waals surface area contributed by atoms with Gasteiger partial charge in [-0.3, -0.25) is 34.0 Å². The van der Waals surface area contributed by atoms with Crippen molar-refractivity contribution in [3.8, 4) is 28.1 Å². The van der Waals surface area contributed by atoms with Crippen LogP contribution in [0.5, 0.6) is 5.75 Å². The fourth-order valence-corrected chi connectivity index (χ4v) is 13.6. The number of benzene rings is 2. The molecule has 72 heavy (non-hydrogen) atoms. The molecule has 0 radical (unpaired) electrons. The van der Waals surface area contributed by atoms with Crippen molar-refractivity contribution in [1.82, 2.24) is 35.1 Å². The summed E-state index contributed by atoms with van der Waals surface area (Å²) in [5, 5.41) is 17.2. The molecule has 4 aliphatic heterocycles. The molecule has 3 saturated heterocycles. The van der Waals surface area contributed by atoms with Gasteiger partial charge >= 0.3 is 5.97 Å². The summed E-state index contributed by atoms with van der Waals surface area (Å²) in [5.41, 5.74) is 9.63. The van der Waals surface area contributed by atoms with E-state index in [0.717, 1.165) is 76.6 Å². The van der Waals surface area contributed by atoms with Gasteiger partial charge in [-0.05, 0) is 153 Å². The van der Waals surface area contributed by atoms with Gasteiger partial charge in [0, 0.05) is 73.1 Å². The number of carbonyl (C=O) groups excluding carboxylic acids is 5. The number of aryl methyl sites for hydroxylation is 1. The van der Waals surface area contributed by atoms with Gasteiger partial charge in [0.25, 0.3) is 5.91 Å². The molecule has 11 rings (SSSR count). The number of aromatic nitrogens is 2. The lowest BCUT2D eigenvalue weighted by molar-refractivity contribution is -0.155. The first-order chi connectivity index (χ1) is 34.6. The van der Waals surface area contributed by atoms with Gasteiger partial charge in [0.2, 0.25) is 17.7 Å². The zero-order chi connectivity index (χ0) is 50.2. The van der Waals surface area contributed by atoms with Crippen molar-refractivity contribution in [2.75, 3.05) is 32.8 Å². The second-order valence-electron chi connectivity index (χ2n) is 23.7. The van der Waals surface area contributed by atoms with E-state index in [2.05, 4.69) is 74.2 Å². The highest BCUT2D eigenvalue weighted by atomic mass is 16.5. The molecule has 4 aromatic rings. The van der Waals surface area contributed by atoms with Crippen molar-refractivity contribution in [2.24, 2.45) is 34.5 Å². The molecule has 6 bridgehead atoms. The van der Waals surface area contributed by atoms with Gasteiger partial charge < -0.3 is 29.5 Å². The zero-order valence-corrected chi connectivity index (χ0v) is 42.9. The van der Waals surface area contributed by atoms with Crippen LogP contribution in [0, 0.1) is 34.5 Å². The number of likely N-dealkylation sites (tertiary alicyclic amines) is 2. The molecule has 1 spiro atoms. The molecule has 0 unspecified atom stereocenters. The number of esters is 1. The summed E-state index contributed by atoms with van der Waals surface area (Å²) in [6.07, 6.45) is 11.6. The number of hydrogen-bond acceptors (Lipinski definition) is 9. The van der Waals surface area contributed by atoms with Gasteiger partial charge in [0.05, 0.1) is 23.4 Å². The van der Waals surface area contributed by atoms with E-state index >= 15 is 9.59 Å². The molecule has 6 fully saturated rings. The van der Waals surface area contributed by atoms with Crippen molar-refractivity contribution in [3.05, 3.63) is 71.5 Å². The van der Waals surface area contributed by atoms with Crippen LogP contribution in [0.2, 0.25) is 0 Å². The second kappa shape index (κ2) is 18.9. The normalized spacial score (nSPS) is 27.2. The van der Waals surface area contributed by atoms with Gasteiger partial charge in [-0.1, -0.05) is 52.7 Å². The monoisotopic (exact) mass is 980 g/mol. The number of pyridine rings is 1. The highest BCUT2D eigenvalue weighted by Crippen LogP contribution is 2.56. The van der Waals surface area contributed by atoms with Crippen LogP contribution < -0.4 is 10.7 Å². The largest absolute Gasteiger partial charge is 0.508 e. The van der Waals surface area contributed by atoms with E-state index in [4.69, 9.17) is 9.72 Å². The van der Waals surface area contributed by atoms with Crippen LogP contribution >= 0.6 is 0 Å². The average molecular weight is 980 g/mol. The SMILES string of the molecule is CCn1c(-c2cccnc2C(C)C)c2c3cc(ccc31)-c1cc(O)cc(c1)C[C@H](NC(=O)[C@H](C1CCCC1)N1CC[C@]3(CCN(C(=O)[C@@H]4C[C@@H]4C4CC4)C3)C1=O)C(=O)N1CCC[C@H](N1)C(=O)OCC(C)(C)C2. The third-order valence-electron chi connectivity index (χ3n) is 17.5. The van der Waals surface area contributed by atoms with Crippen LogP contribution in [0.1, 0.15) is 128 Å². The fraction of sp³-hybridized carbons (Fsp3) is 0.586. The number of aromatic hydroxyl groups is 1. The van der Waals surface area contributed by atoms with Crippen LogP contribution in [0.15, 0.2) is 54.7 Å². The Morgan fingerprint density at radius 1 is 0.944 bits per heavy atom. The number of hydrazine groups is 1. The van der Waals surface area contributed by atoms with Gasteiger partial charge in [-0.2, -0.15) is 0 Å². The Kier molecular flexibility index (Phi) is 12.8. The molecule has 382 valence electrons. The zero-order valence-electron chi connectivity index (χ0n) is 42.9. The molecule has 14 nitrogen and oxygen atoms in total. The minimum Gasteiger partial charge on any atom is -0.508 e. The Balaban J connectivity index is 0.941. The maximum absolute atomic E-state index is 15.2. The fourth-order valence-electron chi connectivity index (χ4n) is 13.6. The second-order valence-corrected chi connectivity index (χ2v) is 23.7. The minimum atomic E-state index is -1.11. The number of rotatable bonds is 9. The maximum Gasteiger partial charge on any atom is 0.324 e. The van der Waals surface area contributed by atoms with Crippen molar-refractivity contribution >= 4 is 40.5 Å². The minimum absolute atomic E-state index is 0.0316. The quantitative estimate of drug-likeness (QED) is 0.141. The molecule has 14 heteroatoms. The summed E-state index contributed by atoms with van der Waals surface area (Å²) in [5.74, 6) is 0.332. The molecule has 7 aliphatic rings. The number of hydrogen-bond donors (Lipinski definition) is 3. The first-order valence-electron chi connectivity index (χ1n) is 27.2. The summed E-state index contributed by atoms with van der Waals surface area (Å²) in [6, 6.07) is 13.2. The topological polar surface area (TPSA) is 166 Å². The van der Waals surface area contributed by atoms with E-state index < -0.39 is 40.8 Å². The lowest BCUT2D eigenvalue weighted by atomic mass is 9.83. The highest BCUT2D eigenvalue weighted by Gasteiger charge is 2.58. The van der Waals surface area contributed by atoms with E-state index in [1.165, 1.54) is 17.9 Å². The van der Waals surface area contributed by atoms with E-state index in [-0.39, 0.29) is 54.3 Å². The number of nitrogens with zero attached hydrogens (tertiary/aromatic N) is 5. The van der Waals surface area contributed by atoms with E-state index in [1.807, 2.05) is 23.2 Å². The van der Waals surface area contributed by atoms with Gasteiger partial charge in [-0.25, -0.2) is 5.43 Å². The van der Waals surface area contributed by atoms with Gasteiger partial charge in [0.1, 0.15) is 23.9 Å². The van der Waals surface area contributed by atoms with Gasteiger partial charge in [-0.15, -0.1) is 0 Å². The summed E-state index contributed by atoms with van der Waals surface area (Å²) in [7, 11) is 0. The Hall–Kier alpha value is -5.76. The number of phenols is 1. The van der Waals surface area contributed by atoms with E-state index in [1.54, 1.807) is 17.0 Å². The lowest BCUT2D eigenvalue weighted by Crippen LogP contribution is -2.62. The third-order valence-corrected chi connectivity index (χ3v) is 17.5. The summed E-state index contributed by atoms with van der Waals surface area (Å²) in [4.78, 5) is 81.4. The Bertz CT molecular complexity index is 2810. The van der Waals surface area contributed by atoms with Crippen LogP contribution in [-0.2, 0) is 48.1 Å².